The molecule has 82 valence electrons. The minimum absolute atomic E-state index is 0.289. The summed E-state index contributed by atoms with van der Waals surface area (Å²) in [6.07, 6.45) is 7.39. The second-order valence-corrected chi connectivity index (χ2v) is 2.53. The maximum absolute atomic E-state index is 11.0. The number of carbonyl (C=O) groups is 2. The summed E-state index contributed by atoms with van der Waals surface area (Å²) >= 11 is 0. The zero-order chi connectivity index (χ0) is 11.7. The van der Waals surface area contributed by atoms with Crippen LogP contribution >= 0.6 is 0 Å². The van der Waals surface area contributed by atoms with E-state index in [-0.39, 0.29) is 5.57 Å². The van der Waals surface area contributed by atoms with Gasteiger partial charge in [0.05, 0.1) is 0 Å². The molecule has 5 nitrogen and oxygen atoms in total. The topological polar surface area (TPSA) is 78.6 Å². The van der Waals surface area contributed by atoms with Gasteiger partial charge in [0.15, 0.2) is 0 Å². The molecule has 0 aliphatic heterocycles. The zero-order valence-electron chi connectivity index (χ0n) is 8.60. The van der Waals surface area contributed by atoms with Crippen LogP contribution in [0.25, 0.3) is 0 Å². The molecule has 0 atom stereocenters. The fourth-order valence-corrected chi connectivity index (χ4v) is 0.588. The van der Waals surface area contributed by atoms with Crippen molar-refractivity contribution < 1.29 is 19.4 Å². The molecule has 0 saturated carbocycles. The highest BCUT2D eigenvalue weighted by Gasteiger charge is 2.07. The predicted molar refractivity (Wildman–Crippen MR) is 54.5 cm³/mol. The molecule has 0 bridgehead atoms. The number of allylic oxidation sites excluding steroid dienone is 5. The molecule has 0 aliphatic rings. The number of primary amides is 1. The van der Waals surface area contributed by atoms with E-state index in [4.69, 9.17) is 0 Å². The van der Waals surface area contributed by atoms with Gasteiger partial charge in [-0.3, -0.25) is 0 Å². The maximum atomic E-state index is 11.0. The Morgan fingerprint density at radius 3 is 2.33 bits per heavy atom. The fourth-order valence-electron chi connectivity index (χ4n) is 0.588. The van der Waals surface area contributed by atoms with E-state index in [1.165, 1.54) is 13.0 Å². The number of rotatable bonds is 3. The van der Waals surface area contributed by atoms with Crippen molar-refractivity contribution >= 4 is 12.1 Å². The van der Waals surface area contributed by atoms with Crippen LogP contribution in [0.15, 0.2) is 36.0 Å². The number of carbonyl (C=O) groups excluding carboxylic acids is 2. The molecular formula is C10H13NO4. The lowest BCUT2D eigenvalue weighted by Crippen LogP contribution is -2.17. The first-order valence-electron chi connectivity index (χ1n) is 4.22. The maximum Gasteiger partial charge on any atom is 0.447 e. The number of nitrogens with two attached hydrogens (primary N) is 1. The van der Waals surface area contributed by atoms with Crippen molar-refractivity contribution in [3.05, 3.63) is 36.0 Å². The Morgan fingerprint density at radius 1 is 1.13 bits per heavy atom. The van der Waals surface area contributed by atoms with E-state index in [9.17, 15) is 9.59 Å². The first-order valence-corrected chi connectivity index (χ1v) is 4.22. The number of hydrogen-bond donors (Lipinski definition) is 1. The molecule has 0 aromatic heterocycles. The normalized spacial score (nSPS) is 12.0. The molecule has 0 saturated heterocycles. The molecule has 0 fully saturated rings. The van der Waals surface area contributed by atoms with E-state index < -0.39 is 12.1 Å². The largest absolute Gasteiger partial charge is 0.447 e. The quantitative estimate of drug-likeness (QED) is 0.333. The van der Waals surface area contributed by atoms with Gasteiger partial charge >= 0.3 is 12.1 Å². The average molecular weight is 211 g/mol. The van der Waals surface area contributed by atoms with Crippen LogP contribution in [-0.4, -0.2) is 12.1 Å². The van der Waals surface area contributed by atoms with Crippen molar-refractivity contribution in [1.29, 1.82) is 0 Å². The summed E-state index contributed by atoms with van der Waals surface area (Å²) in [6.45, 7) is 3.39. The zero-order valence-corrected chi connectivity index (χ0v) is 8.60. The average Bonchev–Trinajstić information content (AvgIpc) is 2.20. The Morgan fingerprint density at radius 2 is 1.80 bits per heavy atom. The Kier molecular flexibility index (Phi) is 6.37. The van der Waals surface area contributed by atoms with Crippen LogP contribution in [0.5, 0.6) is 0 Å². The highest BCUT2D eigenvalue weighted by atomic mass is 17.2. The van der Waals surface area contributed by atoms with Crippen LogP contribution in [0.2, 0.25) is 0 Å². The van der Waals surface area contributed by atoms with Crippen LogP contribution in [0, 0.1) is 0 Å². The third kappa shape index (κ3) is 7.06. The first-order chi connectivity index (χ1) is 7.07. The van der Waals surface area contributed by atoms with E-state index in [0.717, 1.165) is 0 Å². The van der Waals surface area contributed by atoms with Crippen molar-refractivity contribution in [1.82, 2.24) is 0 Å². The molecule has 0 radical (unpaired) electrons. The smallest absolute Gasteiger partial charge is 0.332 e. The van der Waals surface area contributed by atoms with Crippen molar-refractivity contribution in [2.24, 2.45) is 5.73 Å². The third-order valence-corrected chi connectivity index (χ3v) is 1.28. The molecule has 0 spiro atoms. The van der Waals surface area contributed by atoms with Gasteiger partial charge in [0.25, 0.3) is 0 Å². The molecule has 0 aromatic carbocycles. The van der Waals surface area contributed by atoms with Crippen molar-refractivity contribution in [3.63, 3.8) is 0 Å². The van der Waals surface area contributed by atoms with Crippen molar-refractivity contribution in [2.45, 2.75) is 13.8 Å². The second-order valence-electron chi connectivity index (χ2n) is 2.53. The van der Waals surface area contributed by atoms with Crippen LogP contribution in [0.1, 0.15) is 13.8 Å². The first kappa shape index (κ1) is 13.0. The monoisotopic (exact) mass is 211 g/mol. The van der Waals surface area contributed by atoms with Gasteiger partial charge in [-0.15, -0.1) is 0 Å². The van der Waals surface area contributed by atoms with Crippen molar-refractivity contribution in [2.75, 3.05) is 0 Å². The molecule has 5 heteroatoms. The van der Waals surface area contributed by atoms with Gasteiger partial charge < -0.3 is 5.73 Å². The lowest BCUT2D eigenvalue weighted by Gasteiger charge is -1.98. The highest BCUT2D eigenvalue weighted by Crippen LogP contribution is 1.97. The molecule has 0 rings (SSSR count). The summed E-state index contributed by atoms with van der Waals surface area (Å²) in [6, 6.07) is 0. The van der Waals surface area contributed by atoms with E-state index in [2.05, 4.69) is 15.5 Å². The number of hydrogen-bond acceptors (Lipinski definition) is 4. The molecule has 0 unspecified atom stereocenters. The Bertz CT molecular complexity index is 315. The number of amides is 1. The summed E-state index contributed by atoms with van der Waals surface area (Å²) in [5, 5.41) is 0. The second kappa shape index (κ2) is 7.37. The lowest BCUT2D eigenvalue weighted by atomic mass is 10.3. The fraction of sp³-hybridized carbons (Fsp3) is 0.200. The highest BCUT2D eigenvalue weighted by molar-refractivity contribution is 5.88. The molecule has 15 heavy (non-hydrogen) atoms. The molecule has 2 N–H and O–H groups in total. The van der Waals surface area contributed by atoms with Gasteiger partial charge in [0.1, 0.15) is 0 Å². The summed E-state index contributed by atoms with van der Waals surface area (Å²) in [5.41, 5.74) is 4.89. The van der Waals surface area contributed by atoms with Crippen LogP contribution in [-0.2, 0) is 14.6 Å². The minimum Gasteiger partial charge on any atom is -0.332 e. The standard InChI is InChI=1S/C10H13NO4/c1-3-4-5-6-7-8(2)9(12)14-15-10(11)13/h3-7H,1-2H3,(H2,11,13)/b4-3+,6-5+,8-7+. The lowest BCUT2D eigenvalue weighted by molar-refractivity contribution is -0.225. The van der Waals surface area contributed by atoms with E-state index in [1.807, 2.05) is 13.0 Å². The molecule has 1 amide bonds. The van der Waals surface area contributed by atoms with Gasteiger partial charge in [0, 0.05) is 5.57 Å². The summed E-state index contributed by atoms with van der Waals surface area (Å²) in [5.74, 6) is -0.765. The Balaban J connectivity index is 4.13. The molecular weight excluding hydrogens is 198 g/mol. The summed E-state index contributed by atoms with van der Waals surface area (Å²) in [7, 11) is 0. The summed E-state index contributed by atoms with van der Waals surface area (Å²) < 4.78 is 0. The van der Waals surface area contributed by atoms with Crippen LogP contribution < -0.4 is 5.73 Å². The molecule has 0 heterocycles. The van der Waals surface area contributed by atoms with Crippen LogP contribution in [0.3, 0.4) is 0 Å². The van der Waals surface area contributed by atoms with Crippen LogP contribution in [0.4, 0.5) is 4.79 Å². The van der Waals surface area contributed by atoms with Gasteiger partial charge in [-0.2, -0.15) is 0 Å². The molecule has 0 aromatic rings. The van der Waals surface area contributed by atoms with Gasteiger partial charge in [-0.1, -0.05) is 30.4 Å². The van der Waals surface area contributed by atoms with Gasteiger partial charge in [-0.05, 0) is 13.8 Å². The SMILES string of the molecule is C/C=C/C=C/C=C(\C)C(=O)OOC(N)=O. The van der Waals surface area contributed by atoms with Gasteiger partial charge in [0.2, 0.25) is 0 Å². The summed E-state index contributed by atoms with van der Waals surface area (Å²) in [4.78, 5) is 29.1. The van der Waals surface area contributed by atoms with E-state index in [0.29, 0.717) is 0 Å². The van der Waals surface area contributed by atoms with E-state index in [1.54, 1.807) is 18.2 Å². The minimum atomic E-state index is -1.17. The van der Waals surface area contributed by atoms with E-state index >= 15 is 0 Å². The third-order valence-electron chi connectivity index (χ3n) is 1.28. The molecule has 0 aliphatic carbocycles. The van der Waals surface area contributed by atoms with Crippen molar-refractivity contribution in [3.8, 4) is 0 Å². The van der Waals surface area contributed by atoms with Gasteiger partial charge in [-0.25, -0.2) is 19.4 Å². The Hall–Kier alpha value is -2.04. The Labute approximate surface area is 87.8 Å². The predicted octanol–water partition coefficient (Wildman–Crippen LogP) is 1.62.